The summed E-state index contributed by atoms with van der Waals surface area (Å²) in [6, 6.07) is 5.65. The number of hydrogen-bond donors (Lipinski definition) is 2. The van der Waals surface area contributed by atoms with Crippen LogP contribution in [-0.4, -0.2) is 57.3 Å². The quantitative estimate of drug-likeness (QED) is 0.692. The molecule has 0 saturated carbocycles. The molecule has 10 heteroatoms. The third kappa shape index (κ3) is 5.33. The number of para-hydroxylation sites is 1. The number of methoxy groups -OCH3 is 1. The molecule has 0 aromatic heterocycles. The molecule has 1 aliphatic heterocycles. The van der Waals surface area contributed by atoms with E-state index < -0.39 is 33.9 Å². The van der Waals surface area contributed by atoms with Crippen LogP contribution in [0.15, 0.2) is 29.2 Å². The maximum Gasteiger partial charge on any atom is 0.411 e. The molecule has 1 saturated heterocycles. The Morgan fingerprint density at radius 2 is 1.96 bits per heavy atom. The van der Waals surface area contributed by atoms with Crippen molar-refractivity contribution in [3.63, 3.8) is 0 Å². The van der Waals surface area contributed by atoms with E-state index in [0.29, 0.717) is 6.41 Å². The summed E-state index contributed by atoms with van der Waals surface area (Å²) < 4.78 is 38.5. The lowest BCUT2D eigenvalue weighted by atomic mass is 10.2. The zero-order chi connectivity index (χ0) is 20.2. The molecule has 1 heterocycles. The number of sulfonamides is 1. The second-order valence-corrected chi connectivity index (χ2v) is 8.82. The second kappa shape index (κ2) is 8.13. The highest BCUT2D eigenvalue weighted by Gasteiger charge is 2.39. The van der Waals surface area contributed by atoms with E-state index in [9.17, 15) is 18.0 Å². The molecule has 2 rings (SSSR count). The number of hydrogen-bond acceptors (Lipinski definition) is 6. The first-order valence-electron chi connectivity index (χ1n) is 8.42. The smallest absolute Gasteiger partial charge is 0.411 e. The predicted octanol–water partition coefficient (Wildman–Crippen LogP) is 1.05. The van der Waals surface area contributed by atoms with Crippen LogP contribution < -0.4 is 14.8 Å². The molecule has 1 aromatic rings. The van der Waals surface area contributed by atoms with Gasteiger partial charge in [0, 0.05) is 19.0 Å². The monoisotopic (exact) mass is 399 g/mol. The van der Waals surface area contributed by atoms with Crippen LogP contribution in [0.5, 0.6) is 5.75 Å². The average molecular weight is 399 g/mol. The summed E-state index contributed by atoms with van der Waals surface area (Å²) in [4.78, 5) is 24.5. The summed E-state index contributed by atoms with van der Waals surface area (Å²) in [5.41, 5.74) is -0.711. The van der Waals surface area contributed by atoms with Crippen LogP contribution in [0.2, 0.25) is 0 Å². The summed E-state index contributed by atoms with van der Waals surface area (Å²) in [7, 11) is -2.49. The van der Waals surface area contributed by atoms with Gasteiger partial charge in [0.15, 0.2) is 0 Å². The van der Waals surface area contributed by atoms with Crippen molar-refractivity contribution in [3.05, 3.63) is 24.3 Å². The van der Waals surface area contributed by atoms with Crippen LogP contribution in [0.1, 0.15) is 27.2 Å². The van der Waals surface area contributed by atoms with Crippen LogP contribution in [-0.2, 0) is 19.6 Å². The third-order valence-corrected chi connectivity index (χ3v) is 5.43. The zero-order valence-electron chi connectivity index (χ0n) is 15.8. The van der Waals surface area contributed by atoms with Gasteiger partial charge in [-0.15, -0.1) is 0 Å². The van der Waals surface area contributed by atoms with Crippen molar-refractivity contribution in [1.29, 1.82) is 0 Å². The molecule has 2 N–H and O–H groups in total. The maximum atomic E-state index is 12.7. The molecule has 9 nitrogen and oxygen atoms in total. The number of amides is 2. The van der Waals surface area contributed by atoms with E-state index in [2.05, 4.69) is 10.0 Å². The Kier molecular flexibility index (Phi) is 6.32. The van der Waals surface area contributed by atoms with Gasteiger partial charge in [0.1, 0.15) is 22.4 Å². The van der Waals surface area contributed by atoms with Crippen LogP contribution in [0.4, 0.5) is 4.79 Å². The lowest BCUT2D eigenvalue weighted by Crippen LogP contribution is -2.46. The topological polar surface area (TPSA) is 114 Å². The SMILES string of the molecule is COc1ccccc1S(=O)(=O)N[C@@H]1C[C@@H](NC=O)N(C(=O)OC(C)(C)C)C1. The van der Waals surface area contributed by atoms with Gasteiger partial charge in [-0.25, -0.2) is 17.9 Å². The Morgan fingerprint density at radius 3 is 2.56 bits per heavy atom. The minimum Gasteiger partial charge on any atom is -0.495 e. The highest BCUT2D eigenvalue weighted by atomic mass is 32.2. The zero-order valence-corrected chi connectivity index (χ0v) is 16.6. The first-order valence-corrected chi connectivity index (χ1v) is 9.90. The summed E-state index contributed by atoms with van der Waals surface area (Å²) in [5.74, 6) is 0.217. The lowest BCUT2D eigenvalue weighted by Gasteiger charge is -2.28. The number of rotatable bonds is 6. The van der Waals surface area contributed by atoms with E-state index in [0.717, 1.165) is 0 Å². The second-order valence-electron chi connectivity index (χ2n) is 7.14. The van der Waals surface area contributed by atoms with Crippen molar-refractivity contribution in [1.82, 2.24) is 14.9 Å². The van der Waals surface area contributed by atoms with Crippen molar-refractivity contribution in [3.8, 4) is 5.75 Å². The highest BCUT2D eigenvalue weighted by Crippen LogP contribution is 2.25. The Hall–Kier alpha value is -2.33. The van der Waals surface area contributed by atoms with E-state index in [-0.39, 0.29) is 23.6 Å². The number of nitrogens with one attached hydrogen (secondary N) is 2. The molecule has 1 aliphatic rings. The number of nitrogens with zero attached hydrogens (tertiary/aromatic N) is 1. The maximum absolute atomic E-state index is 12.7. The van der Waals surface area contributed by atoms with Crippen LogP contribution in [0, 0.1) is 0 Å². The Labute approximate surface area is 159 Å². The van der Waals surface area contributed by atoms with Gasteiger partial charge in [-0.3, -0.25) is 9.69 Å². The van der Waals surface area contributed by atoms with Gasteiger partial charge in [-0.1, -0.05) is 12.1 Å². The molecule has 0 bridgehead atoms. The van der Waals surface area contributed by atoms with Gasteiger partial charge in [0.05, 0.1) is 7.11 Å². The summed E-state index contributed by atoms with van der Waals surface area (Å²) in [6.07, 6.45) is -0.602. The van der Waals surface area contributed by atoms with E-state index in [1.54, 1.807) is 39.0 Å². The molecule has 0 unspecified atom stereocenters. The minimum atomic E-state index is -3.88. The van der Waals surface area contributed by atoms with E-state index in [1.165, 1.54) is 18.1 Å². The van der Waals surface area contributed by atoms with Gasteiger partial charge in [-0.2, -0.15) is 0 Å². The molecule has 2 amide bonds. The molecule has 150 valence electrons. The van der Waals surface area contributed by atoms with Crippen molar-refractivity contribution in [2.45, 2.75) is 49.9 Å². The molecule has 1 fully saturated rings. The molecule has 2 atom stereocenters. The minimum absolute atomic E-state index is 0.00288. The van der Waals surface area contributed by atoms with Crippen LogP contribution >= 0.6 is 0 Å². The van der Waals surface area contributed by atoms with E-state index >= 15 is 0 Å². The van der Waals surface area contributed by atoms with Crippen molar-refractivity contribution >= 4 is 22.5 Å². The Bertz CT molecular complexity index is 790. The molecule has 1 aromatic carbocycles. The fraction of sp³-hybridized carbons (Fsp3) is 0.529. The van der Waals surface area contributed by atoms with Gasteiger partial charge < -0.3 is 14.8 Å². The van der Waals surface area contributed by atoms with Crippen molar-refractivity contribution < 1.29 is 27.5 Å². The first kappa shape index (κ1) is 21.0. The number of ether oxygens (including phenoxy) is 2. The Morgan fingerprint density at radius 1 is 1.30 bits per heavy atom. The third-order valence-electron chi connectivity index (χ3n) is 3.87. The lowest BCUT2D eigenvalue weighted by molar-refractivity contribution is -0.110. The summed E-state index contributed by atoms with van der Waals surface area (Å²) >= 11 is 0. The average Bonchev–Trinajstić information content (AvgIpc) is 2.95. The molecule has 27 heavy (non-hydrogen) atoms. The number of carbonyl (C=O) groups is 2. The molecular weight excluding hydrogens is 374 g/mol. The molecule has 0 aliphatic carbocycles. The van der Waals surface area contributed by atoms with Crippen molar-refractivity contribution in [2.24, 2.45) is 0 Å². The largest absolute Gasteiger partial charge is 0.495 e. The fourth-order valence-electron chi connectivity index (χ4n) is 2.80. The van der Waals surface area contributed by atoms with Crippen LogP contribution in [0.25, 0.3) is 0 Å². The van der Waals surface area contributed by atoms with E-state index in [4.69, 9.17) is 9.47 Å². The molecule has 0 radical (unpaired) electrons. The molecular formula is C17H25N3O6S. The van der Waals surface area contributed by atoms with Crippen LogP contribution in [0.3, 0.4) is 0 Å². The van der Waals surface area contributed by atoms with Gasteiger partial charge >= 0.3 is 6.09 Å². The predicted molar refractivity (Wildman–Crippen MR) is 97.6 cm³/mol. The fourth-order valence-corrected chi connectivity index (χ4v) is 4.21. The summed E-state index contributed by atoms with van der Waals surface area (Å²) in [5, 5.41) is 2.52. The standard InChI is InChI=1S/C17H25N3O6S/c1-17(2,3)26-16(22)20-10-12(9-15(20)18-11-21)19-27(23,24)14-8-6-5-7-13(14)25-4/h5-8,11-12,15,19H,9-10H2,1-4H3,(H,18,21)/t12-,15+/m1/s1. The first-order chi connectivity index (χ1) is 12.6. The normalized spacial score (nSPS) is 20.2. The van der Waals surface area contributed by atoms with Gasteiger partial charge in [-0.05, 0) is 32.9 Å². The van der Waals surface area contributed by atoms with Gasteiger partial charge in [0.2, 0.25) is 16.4 Å². The van der Waals surface area contributed by atoms with Crippen molar-refractivity contribution in [2.75, 3.05) is 13.7 Å². The van der Waals surface area contributed by atoms with E-state index in [1.807, 2.05) is 0 Å². The highest BCUT2D eigenvalue weighted by molar-refractivity contribution is 7.89. The number of benzene rings is 1. The van der Waals surface area contributed by atoms with Gasteiger partial charge in [0.25, 0.3) is 0 Å². The Balaban J connectivity index is 2.17. The number of likely N-dealkylation sites (tertiary alicyclic amines) is 1. The molecule has 0 spiro atoms. The summed E-state index contributed by atoms with van der Waals surface area (Å²) in [6.45, 7) is 5.25. The number of carbonyl (C=O) groups excluding carboxylic acids is 2.